The number of benzene rings is 1. The quantitative estimate of drug-likeness (QED) is 0.409. The van der Waals surface area contributed by atoms with Crippen molar-refractivity contribution in [1.82, 2.24) is 4.90 Å². The number of para-hydroxylation sites is 1. The number of anilines is 2. The Kier molecular flexibility index (Phi) is 5.27. The smallest absolute Gasteiger partial charge is 0.316 e. The van der Waals surface area contributed by atoms with Crippen molar-refractivity contribution in [3.8, 4) is 0 Å². The standard InChI is InChI=1S/C12H19N5O3/c1-4-16(3)12(18)8(2)14-9-6-5-7-10(15-13)11(9)17(19)20/h5-8,14-15H,4,13H2,1-3H3. The second kappa shape index (κ2) is 6.71. The molecule has 1 atom stereocenters. The Bertz CT molecular complexity index is 506. The second-order valence-corrected chi connectivity index (χ2v) is 4.32. The molecule has 0 aliphatic carbocycles. The Morgan fingerprint density at radius 2 is 2.10 bits per heavy atom. The van der Waals surface area contributed by atoms with E-state index in [1.54, 1.807) is 20.0 Å². The van der Waals surface area contributed by atoms with Crippen LogP contribution in [0.5, 0.6) is 0 Å². The summed E-state index contributed by atoms with van der Waals surface area (Å²) in [5.41, 5.74) is 2.52. The highest BCUT2D eigenvalue weighted by atomic mass is 16.6. The van der Waals surface area contributed by atoms with E-state index in [9.17, 15) is 14.9 Å². The molecule has 0 heterocycles. The van der Waals surface area contributed by atoms with Crippen molar-refractivity contribution < 1.29 is 9.72 Å². The fourth-order valence-corrected chi connectivity index (χ4v) is 1.75. The fraction of sp³-hybridized carbons (Fsp3) is 0.417. The zero-order valence-corrected chi connectivity index (χ0v) is 11.7. The first kappa shape index (κ1) is 15.7. The first-order valence-corrected chi connectivity index (χ1v) is 6.17. The lowest BCUT2D eigenvalue weighted by atomic mass is 10.2. The molecule has 0 saturated carbocycles. The number of nitrogens with two attached hydrogens (primary N) is 1. The Hall–Kier alpha value is -2.35. The number of carbonyl (C=O) groups excluding carboxylic acids is 1. The molecule has 1 aromatic rings. The minimum absolute atomic E-state index is 0.145. The van der Waals surface area contributed by atoms with E-state index in [0.717, 1.165) is 0 Å². The molecule has 1 amide bonds. The Morgan fingerprint density at radius 3 is 2.60 bits per heavy atom. The summed E-state index contributed by atoms with van der Waals surface area (Å²) in [5, 5.41) is 14.0. The highest BCUT2D eigenvalue weighted by Gasteiger charge is 2.23. The molecule has 8 nitrogen and oxygen atoms in total. The zero-order chi connectivity index (χ0) is 15.3. The molecule has 0 fully saturated rings. The number of hydrogen-bond donors (Lipinski definition) is 3. The predicted molar refractivity (Wildman–Crippen MR) is 77.3 cm³/mol. The molecule has 0 bridgehead atoms. The van der Waals surface area contributed by atoms with Gasteiger partial charge in [0, 0.05) is 13.6 Å². The molecule has 4 N–H and O–H groups in total. The molecule has 1 unspecified atom stereocenters. The lowest BCUT2D eigenvalue weighted by Gasteiger charge is -2.21. The van der Waals surface area contributed by atoms with Gasteiger partial charge in [0.1, 0.15) is 17.4 Å². The van der Waals surface area contributed by atoms with Gasteiger partial charge in [0.05, 0.1) is 4.92 Å². The molecular weight excluding hydrogens is 262 g/mol. The third-order valence-electron chi connectivity index (χ3n) is 2.97. The monoisotopic (exact) mass is 281 g/mol. The highest BCUT2D eigenvalue weighted by molar-refractivity contribution is 5.86. The van der Waals surface area contributed by atoms with Gasteiger partial charge in [0.2, 0.25) is 5.91 Å². The maximum atomic E-state index is 12.0. The molecule has 0 radical (unpaired) electrons. The van der Waals surface area contributed by atoms with Crippen LogP contribution in [-0.2, 0) is 4.79 Å². The molecule has 0 aliphatic heterocycles. The number of carbonyl (C=O) groups is 1. The third-order valence-corrected chi connectivity index (χ3v) is 2.97. The summed E-state index contributed by atoms with van der Waals surface area (Å²) in [5.74, 6) is 5.11. The van der Waals surface area contributed by atoms with Crippen LogP contribution in [0.1, 0.15) is 13.8 Å². The van der Waals surface area contributed by atoms with Crippen molar-refractivity contribution in [1.29, 1.82) is 0 Å². The van der Waals surface area contributed by atoms with Gasteiger partial charge < -0.3 is 15.6 Å². The van der Waals surface area contributed by atoms with E-state index >= 15 is 0 Å². The summed E-state index contributed by atoms with van der Waals surface area (Å²) in [6.07, 6.45) is 0. The Balaban J connectivity index is 3.03. The summed E-state index contributed by atoms with van der Waals surface area (Å²) in [4.78, 5) is 24.1. The number of hydrogen-bond acceptors (Lipinski definition) is 6. The first-order valence-electron chi connectivity index (χ1n) is 6.17. The molecular formula is C12H19N5O3. The van der Waals surface area contributed by atoms with Crippen molar-refractivity contribution in [2.45, 2.75) is 19.9 Å². The summed E-state index contributed by atoms with van der Waals surface area (Å²) < 4.78 is 0. The zero-order valence-electron chi connectivity index (χ0n) is 11.7. The number of nitro benzene ring substituents is 1. The highest BCUT2D eigenvalue weighted by Crippen LogP contribution is 2.32. The van der Waals surface area contributed by atoms with Crippen molar-refractivity contribution in [3.05, 3.63) is 28.3 Å². The maximum Gasteiger partial charge on any atom is 0.316 e. The number of hydrazine groups is 1. The van der Waals surface area contributed by atoms with Crippen molar-refractivity contribution >= 4 is 23.0 Å². The molecule has 0 aromatic heterocycles. The lowest BCUT2D eigenvalue weighted by molar-refractivity contribution is -0.383. The number of nitrogens with one attached hydrogen (secondary N) is 2. The van der Waals surface area contributed by atoms with Crippen LogP contribution in [0.4, 0.5) is 17.1 Å². The van der Waals surface area contributed by atoms with Crippen LogP contribution in [0, 0.1) is 10.1 Å². The molecule has 0 spiro atoms. The van der Waals surface area contributed by atoms with Gasteiger partial charge in [-0.05, 0) is 26.0 Å². The van der Waals surface area contributed by atoms with Crippen LogP contribution < -0.4 is 16.6 Å². The van der Waals surface area contributed by atoms with Gasteiger partial charge in [-0.3, -0.25) is 20.8 Å². The molecule has 1 rings (SSSR count). The summed E-state index contributed by atoms with van der Waals surface area (Å²) in [6, 6.07) is 4.07. The Labute approximate surface area is 117 Å². The predicted octanol–water partition coefficient (Wildman–Crippen LogP) is 1.16. The van der Waals surface area contributed by atoms with E-state index in [2.05, 4.69) is 10.7 Å². The van der Waals surface area contributed by atoms with Gasteiger partial charge >= 0.3 is 5.69 Å². The molecule has 8 heteroatoms. The SMILES string of the molecule is CCN(C)C(=O)C(C)Nc1cccc(NN)c1[N+](=O)[O-]. The third kappa shape index (κ3) is 3.35. The van der Waals surface area contributed by atoms with Crippen LogP contribution in [0.25, 0.3) is 0 Å². The van der Waals surface area contributed by atoms with Crippen molar-refractivity contribution in [2.75, 3.05) is 24.3 Å². The molecule has 1 aromatic carbocycles. The summed E-state index contributed by atoms with van der Waals surface area (Å²) in [7, 11) is 1.67. The van der Waals surface area contributed by atoms with E-state index in [1.165, 1.54) is 17.0 Å². The minimum Gasteiger partial charge on any atom is -0.368 e. The summed E-state index contributed by atoms with van der Waals surface area (Å²) in [6.45, 7) is 4.07. The minimum atomic E-state index is -0.577. The largest absolute Gasteiger partial charge is 0.368 e. The summed E-state index contributed by atoms with van der Waals surface area (Å²) >= 11 is 0. The van der Waals surface area contributed by atoms with Gasteiger partial charge in [-0.2, -0.15) is 0 Å². The van der Waals surface area contributed by atoms with E-state index < -0.39 is 11.0 Å². The van der Waals surface area contributed by atoms with Gasteiger partial charge in [-0.25, -0.2) is 0 Å². The maximum absolute atomic E-state index is 12.0. The lowest BCUT2D eigenvalue weighted by Crippen LogP contribution is -2.38. The molecule has 20 heavy (non-hydrogen) atoms. The van der Waals surface area contributed by atoms with Crippen LogP contribution in [-0.4, -0.2) is 35.4 Å². The van der Waals surface area contributed by atoms with Gasteiger partial charge in [-0.1, -0.05) is 6.07 Å². The van der Waals surface area contributed by atoms with Gasteiger partial charge in [0.25, 0.3) is 0 Å². The van der Waals surface area contributed by atoms with E-state index in [0.29, 0.717) is 6.54 Å². The van der Waals surface area contributed by atoms with E-state index in [4.69, 9.17) is 5.84 Å². The van der Waals surface area contributed by atoms with Crippen LogP contribution in [0.3, 0.4) is 0 Å². The Morgan fingerprint density at radius 1 is 1.50 bits per heavy atom. The first-order chi connectivity index (χ1) is 9.42. The fourth-order valence-electron chi connectivity index (χ4n) is 1.75. The molecule has 0 aliphatic rings. The number of likely N-dealkylation sites (N-methyl/N-ethyl adjacent to an activating group) is 1. The van der Waals surface area contributed by atoms with Crippen molar-refractivity contribution in [2.24, 2.45) is 5.84 Å². The number of amides is 1. The normalized spacial score (nSPS) is 11.6. The second-order valence-electron chi connectivity index (χ2n) is 4.32. The average Bonchev–Trinajstić information content (AvgIpc) is 2.44. The topological polar surface area (TPSA) is 114 Å². The van der Waals surface area contributed by atoms with E-state index in [1.807, 2.05) is 6.92 Å². The molecule has 0 saturated heterocycles. The number of nitrogen functional groups attached to an aromatic ring is 1. The van der Waals surface area contributed by atoms with Crippen LogP contribution in [0.15, 0.2) is 18.2 Å². The average molecular weight is 281 g/mol. The van der Waals surface area contributed by atoms with E-state index in [-0.39, 0.29) is 23.0 Å². The van der Waals surface area contributed by atoms with Gasteiger partial charge in [-0.15, -0.1) is 0 Å². The number of nitro groups is 1. The van der Waals surface area contributed by atoms with Crippen molar-refractivity contribution in [3.63, 3.8) is 0 Å². The van der Waals surface area contributed by atoms with Crippen LogP contribution >= 0.6 is 0 Å². The van der Waals surface area contributed by atoms with Gasteiger partial charge in [0.15, 0.2) is 0 Å². The number of nitrogens with zero attached hydrogens (tertiary/aromatic N) is 2. The van der Waals surface area contributed by atoms with Crippen LogP contribution in [0.2, 0.25) is 0 Å². The molecule has 110 valence electrons. The number of rotatable bonds is 6.